The zero-order chi connectivity index (χ0) is 40.1. The largest absolute Gasteiger partial charge is 0.394 e. The van der Waals surface area contributed by atoms with Crippen LogP contribution in [0.1, 0.15) is 67.7 Å². The molecule has 310 valence electrons. The van der Waals surface area contributed by atoms with Crippen LogP contribution in [0.5, 0.6) is 0 Å². The van der Waals surface area contributed by atoms with Crippen LogP contribution in [-0.4, -0.2) is 206 Å². The van der Waals surface area contributed by atoms with E-state index in [2.05, 4.69) is 29.0 Å². The lowest BCUT2D eigenvalue weighted by Gasteiger charge is -2.38. The zero-order valence-electron chi connectivity index (χ0n) is 32.0. The van der Waals surface area contributed by atoms with Crippen molar-refractivity contribution in [3.8, 4) is 0 Å². The zero-order valence-corrected chi connectivity index (χ0v) is 32.0. The topological polar surface area (TPSA) is 308 Å². The minimum Gasteiger partial charge on any atom is -0.394 e. The number of hydrogen-bond donors (Lipinski definition) is 13. The van der Waals surface area contributed by atoms with Crippen molar-refractivity contribution in [2.75, 3.05) is 72.2 Å². The van der Waals surface area contributed by atoms with Gasteiger partial charge in [-0.25, -0.2) is 0 Å². The molecule has 3 saturated heterocycles. The van der Waals surface area contributed by atoms with Gasteiger partial charge in [0.15, 0.2) is 12.1 Å². The Bertz CT molecular complexity index is 756. The van der Waals surface area contributed by atoms with Gasteiger partial charge in [0.2, 0.25) is 0 Å². The molecule has 15 N–H and O–H groups in total. The van der Waals surface area contributed by atoms with E-state index in [4.69, 9.17) is 61.8 Å². The third-order valence-electron chi connectivity index (χ3n) is 7.57. The first-order valence-corrected chi connectivity index (χ1v) is 17.9. The lowest BCUT2D eigenvalue weighted by atomic mass is 9.98. The lowest BCUT2D eigenvalue weighted by molar-refractivity contribution is -0.248. The summed E-state index contributed by atoms with van der Waals surface area (Å²) in [6.07, 6.45) is -7.77. The van der Waals surface area contributed by atoms with E-state index < -0.39 is 74.1 Å². The molecule has 0 amide bonds. The molecular weight excluding hydrogens is 674 g/mol. The van der Waals surface area contributed by atoms with Crippen LogP contribution >= 0.6 is 0 Å². The molecule has 18 nitrogen and oxygen atoms in total. The Morgan fingerprint density at radius 1 is 0.824 bits per heavy atom. The average molecular weight is 750 g/mol. The number of nitrogens with one attached hydrogen (secondary N) is 1. The summed E-state index contributed by atoms with van der Waals surface area (Å²) in [7, 11) is 0. The highest BCUT2D eigenvalue weighted by Crippen LogP contribution is 2.17. The van der Waals surface area contributed by atoms with Crippen LogP contribution in [-0.2, 0) is 14.3 Å². The Morgan fingerprint density at radius 2 is 1.29 bits per heavy atom. The van der Waals surface area contributed by atoms with Crippen molar-refractivity contribution in [3.63, 3.8) is 0 Å². The quantitative estimate of drug-likeness (QED) is 0.0944. The van der Waals surface area contributed by atoms with E-state index in [1.54, 1.807) is 6.92 Å². The Balaban J connectivity index is -0.000000562. The number of aliphatic hydroxyl groups is 10. The Kier molecular flexibility index (Phi) is 35.7. The number of nitrogens with zero attached hydrogens (tertiary/aromatic N) is 2. The summed E-state index contributed by atoms with van der Waals surface area (Å²) in [6, 6.07) is -0.706. The molecule has 6 unspecified atom stereocenters. The van der Waals surface area contributed by atoms with Crippen LogP contribution in [0.2, 0.25) is 0 Å². The molecule has 3 aliphatic rings. The molecule has 0 aromatic rings. The minimum atomic E-state index is -1.79. The van der Waals surface area contributed by atoms with Gasteiger partial charge in [0.05, 0.1) is 32.5 Å². The Labute approximate surface area is 305 Å². The number of hydrogen-bond acceptors (Lipinski definition) is 18. The van der Waals surface area contributed by atoms with Crippen molar-refractivity contribution in [3.05, 3.63) is 0 Å². The number of rotatable bonds is 10. The molecule has 0 aromatic carbocycles. The van der Waals surface area contributed by atoms with Crippen molar-refractivity contribution < 1.29 is 65.3 Å². The second kappa shape index (κ2) is 33.6. The van der Waals surface area contributed by atoms with Crippen LogP contribution < -0.4 is 16.8 Å². The third-order valence-corrected chi connectivity index (χ3v) is 7.57. The number of nitrogens with two attached hydrogens (primary N) is 2. The number of carbonyl (C=O) groups excluding carboxylic acids is 1. The van der Waals surface area contributed by atoms with Crippen LogP contribution in [0.15, 0.2) is 0 Å². The number of Topliss-reactive ketones (excluding diaryl/α,β-unsaturated/α-hetero) is 1. The molecule has 18 heteroatoms. The maximum atomic E-state index is 10.5. The number of likely N-dealkylation sites (N-methyl/N-ethyl adjacent to an activating group) is 1. The van der Waals surface area contributed by atoms with Crippen molar-refractivity contribution in [2.24, 2.45) is 11.5 Å². The summed E-state index contributed by atoms with van der Waals surface area (Å²) >= 11 is 0. The van der Waals surface area contributed by atoms with Gasteiger partial charge in [0.1, 0.15) is 49.0 Å². The summed E-state index contributed by atoms with van der Waals surface area (Å²) in [5, 5.41) is 91.6. The van der Waals surface area contributed by atoms with Gasteiger partial charge >= 0.3 is 0 Å². The van der Waals surface area contributed by atoms with Gasteiger partial charge in [0, 0.05) is 13.1 Å². The van der Waals surface area contributed by atoms with Gasteiger partial charge in [0.25, 0.3) is 0 Å². The number of ether oxygens (including phenoxy) is 2. The molecule has 0 spiro atoms. The normalized spacial score (nSPS) is 26.6. The fourth-order valence-corrected chi connectivity index (χ4v) is 4.37. The summed E-state index contributed by atoms with van der Waals surface area (Å²) < 4.78 is 9.86. The van der Waals surface area contributed by atoms with E-state index in [1.165, 1.54) is 45.4 Å². The molecule has 0 radical (unpaired) electrons. The Morgan fingerprint density at radius 3 is 1.61 bits per heavy atom. The molecule has 10 atom stereocenters. The number of carbonyl (C=O) groups is 1. The van der Waals surface area contributed by atoms with E-state index in [1.807, 2.05) is 20.8 Å². The number of morpholine rings is 1. The summed E-state index contributed by atoms with van der Waals surface area (Å²) in [6.45, 7) is 21.8. The number of ketones is 1. The SMILES string of the molecule is CC(=O)C(O)C(O)C(O)C(O)CO.CC(C)N.CCN1CCCCC1.CCN1CCOCC1.CCNC(C)O.N[C@H]1C(O)O[C@H](CO)[C@@H](O)[C@@H]1O. The maximum absolute atomic E-state index is 10.5. The van der Waals surface area contributed by atoms with Gasteiger partial charge in [-0.05, 0) is 65.5 Å². The van der Waals surface area contributed by atoms with Gasteiger partial charge in [-0.3, -0.25) is 15.0 Å². The second-order valence-electron chi connectivity index (χ2n) is 12.6. The van der Waals surface area contributed by atoms with Crippen LogP contribution in [0.3, 0.4) is 0 Å². The van der Waals surface area contributed by atoms with Crippen LogP contribution in [0, 0.1) is 0 Å². The summed E-state index contributed by atoms with van der Waals surface area (Å²) in [5.74, 6) is -0.725. The summed E-state index contributed by atoms with van der Waals surface area (Å²) in [4.78, 5) is 15.4. The average Bonchev–Trinajstić information content (AvgIpc) is 3.12. The third kappa shape index (κ3) is 28.1. The number of likely N-dealkylation sites (tertiary alicyclic amines) is 1. The predicted octanol–water partition coefficient (Wildman–Crippen LogP) is -4.13. The highest BCUT2D eigenvalue weighted by molar-refractivity contribution is 5.80. The van der Waals surface area contributed by atoms with E-state index in [9.17, 15) is 15.0 Å². The first-order valence-electron chi connectivity index (χ1n) is 17.9. The molecular formula is C33H75N5O13. The van der Waals surface area contributed by atoms with Crippen molar-refractivity contribution >= 4 is 5.78 Å². The molecule has 0 aliphatic carbocycles. The molecule has 0 saturated carbocycles. The molecule has 0 bridgehead atoms. The smallest absolute Gasteiger partial charge is 0.173 e. The maximum Gasteiger partial charge on any atom is 0.173 e. The van der Waals surface area contributed by atoms with Crippen LogP contribution in [0.4, 0.5) is 0 Å². The molecule has 3 rings (SSSR count). The fourth-order valence-electron chi connectivity index (χ4n) is 4.37. The monoisotopic (exact) mass is 750 g/mol. The highest BCUT2D eigenvalue weighted by atomic mass is 16.6. The fraction of sp³-hybridized carbons (Fsp3) is 0.970. The first kappa shape index (κ1) is 54.3. The first-order chi connectivity index (χ1) is 23.9. The van der Waals surface area contributed by atoms with Crippen molar-refractivity contribution in [2.45, 2.75) is 135 Å². The van der Waals surface area contributed by atoms with Gasteiger partial charge in [-0.15, -0.1) is 0 Å². The van der Waals surface area contributed by atoms with Crippen molar-refractivity contribution in [1.82, 2.24) is 15.1 Å². The van der Waals surface area contributed by atoms with Crippen LogP contribution in [0.25, 0.3) is 0 Å². The Hall–Kier alpha value is -1.01. The van der Waals surface area contributed by atoms with E-state index >= 15 is 0 Å². The van der Waals surface area contributed by atoms with Gasteiger partial charge in [-0.2, -0.15) is 0 Å². The molecule has 0 aromatic heterocycles. The lowest BCUT2D eigenvalue weighted by Crippen LogP contribution is -2.61. The molecule has 51 heavy (non-hydrogen) atoms. The second-order valence-corrected chi connectivity index (χ2v) is 12.6. The highest BCUT2D eigenvalue weighted by Gasteiger charge is 2.41. The number of aliphatic hydroxyl groups excluding tert-OH is 10. The van der Waals surface area contributed by atoms with E-state index in [-0.39, 0.29) is 6.23 Å². The van der Waals surface area contributed by atoms with E-state index in [0.29, 0.717) is 6.04 Å². The molecule has 3 fully saturated rings. The molecule has 3 heterocycles. The van der Waals surface area contributed by atoms with Gasteiger partial charge < -0.3 is 76.9 Å². The standard InChI is InChI=1S/C7H15N.C7H14O6.C6H13NO5.C6H13NO.C4H11NO.C3H9N/c1-2-8-6-4-3-5-7-8;1-3(9)5(11)7(13)6(12)4(10)2-8;7-3-5(10)4(9)2(1-8)12-6(3)11;1-2-7-3-5-8-6-4-7;1-3-5-4(2)6;1-3(2)4/h2-7H2,1H3;4-8,10-13H,2H2,1H3;2-6,8-11H,1,7H2;2-6H2,1H3;4-6H,3H2,1-2H3;3H,4H2,1-2H3/t;;2-,3-,4-,5-,6?;;;/m..1.../s1. The number of piperidine rings is 1. The predicted molar refractivity (Wildman–Crippen MR) is 193 cm³/mol. The molecule has 3 aliphatic heterocycles. The summed E-state index contributed by atoms with van der Waals surface area (Å²) in [5.41, 5.74) is 10.4. The van der Waals surface area contributed by atoms with Gasteiger partial charge in [-0.1, -0.05) is 41.0 Å². The minimum absolute atomic E-state index is 0.333. The van der Waals surface area contributed by atoms with Crippen molar-refractivity contribution in [1.29, 1.82) is 0 Å². The van der Waals surface area contributed by atoms with E-state index in [0.717, 1.165) is 39.8 Å².